The number of carbonyl (C=O) groups excluding carboxylic acids is 3. The molecule has 0 atom stereocenters. The largest absolute Gasteiger partial charge is 0.453 e. The average Bonchev–Trinajstić information content (AvgIpc) is 3.71. The van der Waals surface area contributed by atoms with Gasteiger partial charge in [-0.05, 0) is 74.9 Å². The van der Waals surface area contributed by atoms with E-state index in [-0.39, 0.29) is 30.4 Å². The van der Waals surface area contributed by atoms with Crippen LogP contribution < -0.4 is 10.1 Å². The van der Waals surface area contributed by atoms with Crippen molar-refractivity contribution in [2.75, 3.05) is 19.6 Å². The zero-order valence-corrected chi connectivity index (χ0v) is 27.5. The summed E-state index contributed by atoms with van der Waals surface area (Å²) >= 11 is 7.33. The Hall–Kier alpha value is -4.09. The van der Waals surface area contributed by atoms with E-state index in [1.807, 2.05) is 18.2 Å². The number of thiophene rings is 1. The number of hydrogen-bond donors (Lipinski definition) is 1. The maximum atomic E-state index is 14.7. The Labute approximate surface area is 276 Å². The summed E-state index contributed by atoms with van der Waals surface area (Å²) in [4.78, 5) is 45.8. The first-order chi connectivity index (χ1) is 22.0. The molecule has 4 aromatic rings. The van der Waals surface area contributed by atoms with E-state index in [1.165, 1.54) is 22.3 Å². The van der Waals surface area contributed by atoms with Crippen LogP contribution in [0.5, 0.6) is 11.5 Å². The molecule has 242 valence electrons. The number of aromatic nitrogens is 2. The Kier molecular flexibility index (Phi) is 10.5. The fourth-order valence-corrected chi connectivity index (χ4v) is 5.89. The number of ketones is 1. The van der Waals surface area contributed by atoms with E-state index < -0.39 is 17.5 Å². The lowest BCUT2D eigenvalue weighted by atomic mass is 10.0. The summed E-state index contributed by atoms with van der Waals surface area (Å²) in [6, 6.07) is 12.3. The van der Waals surface area contributed by atoms with Gasteiger partial charge in [0.15, 0.2) is 11.6 Å². The van der Waals surface area contributed by atoms with Crippen LogP contribution in [0.3, 0.4) is 0 Å². The van der Waals surface area contributed by atoms with Gasteiger partial charge in [-0.15, -0.1) is 22.9 Å². The molecule has 0 unspecified atom stereocenters. The smallest absolute Gasteiger partial charge is 0.410 e. The highest BCUT2D eigenvalue weighted by Crippen LogP contribution is 2.39. The molecular formula is C34H36ClFN4O5S. The van der Waals surface area contributed by atoms with Crippen molar-refractivity contribution in [1.29, 1.82) is 0 Å². The monoisotopic (exact) mass is 666 g/mol. The molecule has 1 aromatic carbocycles. The predicted octanol–water partition coefficient (Wildman–Crippen LogP) is 7.29. The summed E-state index contributed by atoms with van der Waals surface area (Å²) in [6.45, 7) is 6.51. The van der Waals surface area contributed by atoms with E-state index in [2.05, 4.69) is 15.3 Å². The van der Waals surface area contributed by atoms with Crippen LogP contribution in [-0.2, 0) is 26.6 Å². The molecule has 4 heterocycles. The Bertz CT molecular complexity index is 1720. The third-order valence-corrected chi connectivity index (χ3v) is 8.60. The molecule has 0 spiro atoms. The molecular weight excluding hydrogens is 631 g/mol. The number of ether oxygens (including phenoxy) is 2. The summed E-state index contributed by atoms with van der Waals surface area (Å²) in [7, 11) is 0. The normalized spacial score (nSPS) is 14.7. The lowest BCUT2D eigenvalue weighted by Gasteiger charge is -2.29. The number of alkyl halides is 1. The SMILES string of the molecule is CC(C)(C)OC(=O)N1CCNC(=O)C1.O=C(Cc1ccc(Oc2ccnc3cc(-c4ccc(CCl)cn4)sc23)c(F)c1)CC1CC1. The number of piperazine rings is 1. The van der Waals surface area contributed by atoms with Crippen molar-refractivity contribution in [2.24, 2.45) is 5.92 Å². The summed E-state index contributed by atoms with van der Waals surface area (Å²) in [5.74, 6) is 1.14. The third kappa shape index (κ3) is 9.23. The molecule has 9 nitrogen and oxygen atoms in total. The number of fused-ring (bicyclic) bond motifs is 1. The fourth-order valence-electron chi connectivity index (χ4n) is 4.69. The second-order valence-electron chi connectivity index (χ2n) is 12.3. The lowest BCUT2D eigenvalue weighted by molar-refractivity contribution is -0.124. The predicted molar refractivity (Wildman–Crippen MR) is 176 cm³/mol. The molecule has 2 aliphatic rings. The molecule has 1 aliphatic heterocycles. The maximum absolute atomic E-state index is 14.7. The van der Waals surface area contributed by atoms with Crippen molar-refractivity contribution in [3.05, 3.63) is 71.8 Å². The summed E-state index contributed by atoms with van der Waals surface area (Å²) < 4.78 is 26.6. The Balaban J connectivity index is 0.000000251. The lowest BCUT2D eigenvalue weighted by Crippen LogP contribution is -2.51. The van der Waals surface area contributed by atoms with Crippen molar-refractivity contribution in [2.45, 2.75) is 57.9 Å². The number of nitrogens with zero attached hydrogens (tertiary/aromatic N) is 3. The Morgan fingerprint density at radius 3 is 2.52 bits per heavy atom. The molecule has 2 amide bonds. The highest BCUT2D eigenvalue weighted by molar-refractivity contribution is 7.22. The van der Waals surface area contributed by atoms with Crippen molar-refractivity contribution in [3.63, 3.8) is 0 Å². The third-order valence-electron chi connectivity index (χ3n) is 7.13. The van der Waals surface area contributed by atoms with E-state index in [4.69, 9.17) is 21.1 Å². The molecule has 0 radical (unpaired) electrons. The van der Waals surface area contributed by atoms with Gasteiger partial charge in [0.2, 0.25) is 5.91 Å². The number of amides is 2. The van der Waals surface area contributed by atoms with Gasteiger partial charge in [0, 0.05) is 50.3 Å². The molecule has 12 heteroatoms. The first kappa shape index (κ1) is 33.3. The minimum Gasteiger partial charge on any atom is -0.453 e. The Morgan fingerprint density at radius 1 is 1.09 bits per heavy atom. The second kappa shape index (κ2) is 14.6. The fraction of sp³-hybridized carbons (Fsp3) is 0.382. The number of rotatable bonds is 8. The molecule has 2 fully saturated rings. The zero-order chi connectivity index (χ0) is 32.8. The van der Waals surface area contributed by atoms with Gasteiger partial charge in [0.25, 0.3) is 0 Å². The zero-order valence-electron chi connectivity index (χ0n) is 26.0. The molecule has 0 bridgehead atoms. The topological polar surface area (TPSA) is 111 Å². The maximum Gasteiger partial charge on any atom is 0.410 e. The van der Waals surface area contributed by atoms with E-state index in [9.17, 15) is 18.8 Å². The van der Waals surface area contributed by atoms with Crippen molar-refractivity contribution in [1.82, 2.24) is 20.2 Å². The van der Waals surface area contributed by atoms with Crippen LogP contribution in [0.2, 0.25) is 0 Å². The molecule has 1 N–H and O–H groups in total. The number of pyridine rings is 2. The van der Waals surface area contributed by atoms with Crippen LogP contribution in [0.15, 0.2) is 54.9 Å². The molecule has 46 heavy (non-hydrogen) atoms. The van der Waals surface area contributed by atoms with Crippen LogP contribution in [-0.4, -0.2) is 57.9 Å². The van der Waals surface area contributed by atoms with Crippen molar-refractivity contribution >= 4 is 50.9 Å². The van der Waals surface area contributed by atoms with E-state index in [0.717, 1.165) is 39.2 Å². The summed E-state index contributed by atoms with van der Waals surface area (Å²) in [5, 5.41) is 2.64. The van der Waals surface area contributed by atoms with Gasteiger partial charge in [-0.3, -0.25) is 24.5 Å². The van der Waals surface area contributed by atoms with Gasteiger partial charge in [-0.25, -0.2) is 9.18 Å². The highest BCUT2D eigenvalue weighted by atomic mass is 35.5. The van der Waals surface area contributed by atoms with Crippen LogP contribution in [0.25, 0.3) is 20.8 Å². The van der Waals surface area contributed by atoms with Gasteiger partial charge in [0.1, 0.15) is 23.7 Å². The number of benzene rings is 1. The number of hydrogen-bond acceptors (Lipinski definition) is 8. The minimum atomic E-state index is -0.509. The van der Waals surface area contributed by atoms with Gasteiger partial charge < -0.3 is 14.8 Å². The van der Waals surface area contributed by atoms with Crippen LogP contribution in [0.1, 0.15) is 51.2 Å². The molecule has 6 rings (SSSR count). The Morgan fingerprint density at radius 2 is 1.87 bits per heavy atom. The number of nitrogens with one attached hydrogen (secondary N) is 1. The quantitative estimate of drug-likeness (QED) is 0.197. The van der Waals surface area contributed by atoms with E-state index >= 15 is 0 Å². The molecule has 1 saturated heterocycles. The molecule has 3 aromatic heterocycles. The van der Waals surface area contributed by atoms with Gasteiger partial charge in [-0.2, -0.15) is 0 Å². The summed E-state index contributed by atoms with van der Waals surface area (Å²) in [6.07, 6.45) is 6.09. The standard InChI is InChI=1S/C25H20ClFN2O2S.C9H16N2O3/c26-13-17-3-5-20(29-14-17)24-12-21-25(32-24)23(7-8-28-21)31-22-6-4-16(11-19(22)27)10-18(30)9-15-1-2-15;1-9(2,3)14-8(13)11-5-4-10-7(12)6-11/h3-8,11-12,14-15H,1-2,9-10,13H2;4-6H2,1-3H3,(H,10,12). The van der Waals surface area contributed by atoms with Crippen LogP contribution in [0.4, 0.5) is 9.18 Å². The number of Topliss-reactive ketones (excluding diaryl/α,β-unsaturated/α-hetero) is 1. The van der Waals surface area contributed by atoms with Gasteiger partial charge in [-0.1, -0.05) is 12.1 Å². The number of halogens is 2. The molecule has 1 saturated carbocycles. The van der Waals surface area contributed by atoms with Gasteiger partial charge >= 0.3 is 6.09 Å². The number of carbonyl (C=O) groups is 3. The first-order valence-corrected chi connectivity index (χ1v) is 16.4. The van der Waals surface area contributed by atoms with Crippen LogP contribution in [0, 0.1) is 11.7 Å². The van der Waals surface area contributed by atoms with Crippen molar-refractivity contribution < 1.29 is 28.2 Å². The van der Waals surface area contributed by atoms with Crippen LogP contribution >= 0.6 is 22.9 Å². The van der Waals surface area contributed by atoms with E-state index in [0.29, 0.717) is 42.6 Å². The van der Waals surface area contributed by atoms with Gasteiger partial charge in [0.05, 0.1) is 20.8 Å². The second-order valence-corrected chi connectivity index (χ2v) is 13.6. The average molecular weight is 667 g/mol. The molecule has 1 aliphatic carbocycles. The highest BCUT2D eigenvalue weighted by Gasteiger charge is 2.26. The van der Waals surface area contributed by atoms with Crippen molar-refractivity contribution in [3.8, 4) is 22.1 Å². The first-order valence-electron chi connectivity index (χ1n) is 15.1. The van der Waals surface area contributed by atoms with E-state index in [1.54, 1.807) is 51.4 Å². The summed E-state index contributed by atoms with van der Waals surface area (Å²) in [5.41, 5.74) is 2.69. The minimum absolute atomic E-state index is 0.0922.